The third-order valence-electron chi connectivity index (χ3n) is 1.95. The largest absolute Gasteiger partial charge is 0.329 e. The molecule has 1 saturated heterocycles. The van der Waals surface area contributed by atoms with E-state index < -0.39 is 0 Å². The first-order valence-electron chi connectivity index (χ1n) is 3.75. The monoisotopic (exact) mass is 200 g/mol. The Kier molecular flexibility index (Phi) is 9.15. The van der Waals surface area contributed by atoms with E-state index in [0.29, 0.717) is 0 Å². The molecule has 1 aliphatic heterocycles. The lowest BCUT2D eigenvalue weighted by molar-refractivity contribution is 0.337. The van der Waals surface area contributed by atoms with Gasteiger partial charge < -0.3 is 10.6 Å². The summed E-state index contributed by atoms with van der Waals surface area (Å²) in [6.07, 6.45) is 1.36. The fourth-order valence-corrected chi connectivity index (χ4v) is 1.41. The maximum absolute atomic E-state index is 5.41. The van der Waals surface area contributed by atoms with Gasteiger partial charge in [-0.25, -0.2) is 0 Å². The first-order chi connectivity index (χ1) is 4.33. The summed E-state index contributed by atoms with van der Waals surface area (Å²) in [6, 6.07) is 0. The Hall–Kier alpha value is 0.500. The Morgan fingerprint density at radius 3 is 2.45 bits per heavy atom. The highest BCUT2D eigenvalue weighted by molar-refractivity contribution is 5.85. The first kappa shape index (κ1) is 14.0. The molecule has 1 aliphatic rings. The summed E-state index contributed by atoms with van der Waals surface area (Å²) in [5.41, 5.74) is 5.41. The van der Waals surface area contributed by atoms with Crippen LogP contribution < -0.4 is 5.73 Å². The molecule has 0 aromatic rings. The van der Waals surface area contributed by atoms with Gasteiger partial charge in [0.1, 0.15) is 0 Å². The molecule has 4 heteroatoms. The standard InChI is InChI=1S/C7H16N2.2ClH/c1-7-2-4-9(6-7)5-3-8;;/h7H,2-6,8H2,1H3;2*1H/t7-;;/m1../s1. The van der Waals surface area contributed by atoms with Crippen LogP contribution in [0.1, 0.15) is 13.3 Å². The molecule has 2 nitrogen and oxygen atoms in total. The fraction of sp³-hybridized carbons (Fsp3) is 1.00. The van der Waals surface area contributed by atoms with E-state index in [1.807, 2.05) is 0 Å². The molecule has 1 atom stereocenters. The van der Waals surface area contributed by atoms with E-state index in [-0.39, 0.29) is 24.8 Å². The van der Waals surface area contributed by atoms with Crippen molar-refractivity contribution in [2.24, 2.45) is 11.7 Å². The minimum Gasteiger partial charge on any atom is -0.329 e. The van der Waals surface area contributed by atoms with Gasteiger partial charge in [-0.1, -0.05) is 6.92 Å². The van der Waals surface area contributed by atoms with Gasteiger partial charge in [-0.15, -0.1) is 24.8 Å². The van der Waals surface area contributed by atoms with Crippen LogP contribution in [-0.2, 0) is 0 Å². The Bertz CT molecular complexity index is 88.5. The van der Waals surface area contributed by atoms with E-state index in [1.54, 1.807) is 0 Å². The van der Waals surface area contributed by atoms with Crippen LogP contribution in [0.4, 0.5) is 0 Å². The summed E-state index contributed by atoms with van der Waals surface area (Å²) in [6.45, 7) is 6.73. The highest BCUT2D eigenvalue weighted by atomic mass is 35.5. The number of rotatable bonds is 2. The number of nitrogens with zero attached hydrogens (tertiary/aromatic N) is 1. The molecule has 2 N–H and O–H groups in total. The molecule has 0 radical (unpaired) electrons. The summed E-state index contributed by atoms with van der Waals surface area (Å²) in [4.78, 5) is 2.44. The Balaban J connectivity index is 0. The lowest BCUT2D eigenvalue weighted by Gasteiger charge is -2.12. The minimum absolute atomic E-state index is 0. The molecule has 11 heavy (non-hydrogen) atoms. The first-order valence-corrected chi connectivity index (χ1v) is 3.75. The average molecular weight is 201 g/mol. The van der Waals surface area contributed by atoms with Gasteiger partial charge >= 0.3 is 0 Å². The predicted molar refractivity (Wildman–Crippen MR) is 53.8 cm³/mol. The Labute approximate surface area is 81.3 Å². The smallest absolute Gasteiger partial charge is 0.0105 e. The lowest BCUT2D eigenvalue weighted by atomic mass is 10.2. The van der Waals surface area contributed by atoms with Crippen LogP contribution in [-0.4, -0.2) is 31.1 Å². The SMILES string of the molecule is C[C@@H]1CCN(CCN)C1.Cl.Cl. The highest BCUT2D eigenvalue weighted by Gasteiger charge is 2.16. The van der Waals surface area contributed by atoms with Crippen molar-refractivity contribution in [3.63, 3.8) is 0 Å². The average Bonchev–Trinajstić information content (AvgIpc) is 2.17. The van der Waals surface area contributed by atoms with E-state index >= 15 is 0 Å². The van der Waals surface area contributed by atoms with Crippen LogP contribution in [0.2, 0.25) is 0 Å². The van der Waals surface area contributed by atoms with Crippen molar-refractivity contribution in [1.29, 1.82) is 0 Å². The molecular weight excluding hydrogens is 183 g/mol. The second kappa shape index (κ2) is 7.17. The van der Waals surface area contributed by atoms with Crippen molar-refractivity contribution in [3.05, 3.63) is 0 Å². The molecule has 0 amide bonds. The molecule has 0 spiro atoms. The quantitative estimate of drug-likeness (QED) is 0.725. The second-order valence-corrected chi connectivity index (χ2v) is 2.98. The summed E-state index contributed by atoms with van der Waals surface area (Å²) in [7, 11) is 0. The molecule has 1 heterocycles. The lowest BCUT2D eigenvalue weighted by Crippen LogP contribution is -2.26. The number of hydrogen-bond acceptors (Lipinski definition) is 2. The zero-order valence-corrected chi connectivity index (χ0v) is 8.59. The van der Waals surface area contributed by atoms with E-state index in [1.165, 1.54) is 19.5 Å². The maximum atomic E-state index is 5.41. The molecule has 0 saturated carbocycles. The molecule has 1 fully saturated rings. The molecule has 0 aliphatic carbocycles. The normalized spacial score (nSPS) is 24.0. The van der Waals surface area contributed by atoms with Crippen molar-refractivity contribution in [3.8, 4) is 0 Å². The topological polar surface area (TPSA) is 29.3 Å². The van der Waals surface area contributed by atoms with Crippen molar-refractivity contribution in [2.45, 2.75) is 13.3 Å². The van der Waals surface area contributed by atoms with Crippen molar-refractivity contribution in [1.82, 2.24) is 4.90 Å². The third kappa shape index (κ3) is 4.86. The fourth-order valence-electron chi connectivity index (χ4n) is 1.41. The number of halogens is 2. The molecule has 1 rings (SSSR count). The van der Waals surface area contributed by atoms with Crippen LogP contribution in [0.25, 0.3) is 0 Å². The van der Waals surface area contributed by atoms with Gasteiger partial charge in [0, 0.05) is 19.6 Å². The summed E-state index contributed by atoms with van der Waals surface area (Å²) in [5.74, 6) is 0.900. The molecule has 0 unspecified atom stereocenters. The zero-order valence-electron chi connectivity index (χ0n) is 6.95. The van der Waals surface area contributed by atoms with Gasteiger partial charge in [0.05, 0.1) is 0 Å². The van der Waals surface area contributed by atoms with Crippen molar-refractivity contribution < 1.29 is 0 Å². The minimum atomic E-state index is 0. The molecule has 0 aromatic heterocycles. The Morgan fingerprint density at radius 2 is 2.09 bits per heavy atom. The van der Waals surface area contributed by atoms with Crippen LogP contribution in [0, 0.1) is 5.92 Å². The van der Waals surface area contributed by atoms with Gasteiger partial charge in [0.25, 0.3) is 0 Å². The van der Waals surface area contributed by atoms with Crippen LogP contribution in [0.15, 0.2) is 0 Å². The van der Waals surface area contributed by atoms with Gasteiger partial charge in [-0.2, -0.15) is 0 Å². The Morgan fingerprint density at radius 1 is 1.45 bits per heavy atom. The van der Waals surface area contributed by atoms with Gasteiger partial charge in [-0.3, -0.25) is 0 Å². The zero-order chi connectivity index (χ0) is 6.69. The third-order valence-corrected chi connectivity index (χ3v) is 1.95. The van der Waals surface area contributed by atoms with E-state index in [2.05, 4.69) is 11.8 Å². The van der Waals surface area contributed by atoms with Crippen LogP contribution >= 0.6 is 24.8 Å². The van der Waals surface area contributed by atoms with Crippen LogP contribution in [0.5, 0.6) is 0 Å². The predicted octanol–water partition coefficient (Wildman–Crippen LogP) is 1.13. The number of nitrogens with two attached hydrogens (primary N) is 1. The molecule has 0 bridgehead atoms. The summed E-state index contributed by atoms with van der Waals surface area (Å²) >= 11 is 0. The maximum Gasteiger partial charge on any atom is 0.0105 e. The number of likely N-dealkylation sites (tertiary alicyclic amines) is 1. The van der Waals surface area contributed by atoms with E-state index in [4.69, 9.17) is 5.73 Å². The van der Waals surface area contributed by atoms with Crippen molar-refractivity contribution >= 4 is 24.8 Å². The van der Waals surface area contributed by atoms with Gasteiger partial charge in [-0.05, 0) is 18.9 Å². The number of hydrogen-bond donors (Lipinski definition) is 1. The highest BCUT2D eigenvalue weighted by Crippen LogP contribution is 2.13. The molecular formula is C7H18Cl2N2. The van der Waals surface area contributed by atoms with Gasteiger partial charge in [0.15, 0.2) is 0 Å². The summed E-state index contributed by atoms with van der Waals surface area (Å²) in [5, 5.41) is 0. The van der Waals surface area contributed by atoms with Crippen LogP contribution in [0.3, 0.4) is 0 Å². The summed E-state index contributed by atoms with van der Waals surface area (Å²) < 4.78 is 0. The molecule has 0 aromatic carbocycles. The van der Waals surface area contributed by atoms with Crippen molar-refractivity contribution in [2.75, 3.05) is 26.2 Å². The molecule has 70 valence electrons. The van der Waals surface area contributed by atoms with E-state index in [9.17, 15) is 0 Å². The van der Waals surface area contributed by atoms with E-state index in [0.717, 1.165) is 19.0 Å². The van der Waals surface area contributed by atoms with Gasteiger partial charge in [0.2, 0.25) is 0 Å². The second-order valence-electron chi connectivity index (χ2n) is 2.98.